The molecule has 0 aliphatic rings. The number of methoxy groups -OCH3 is 1. The van der Waals surface area contributed by atoms with Crippen LogP contribution in [-0.2, 0) is 6.54 Å². The van der Waals surface area contributed by atoms with Crippen molar-refractivity contribution >= 4 is 27.5 Å². The molecule has 1 amide bonds. The van der Waals surface area contributed by atoms with Gasteiger partial charge in [0, 0.05) is 12.3 Å². The summed E-state index contributed by atoms with van der Waals surface area (Å²) < 4.78 is 6.08. The number of benzene rings is 1. The van der Waals surface area contributed by atoms with Gasteiger partial charge in [-0.3, -0.25) is 4.79 Å². The molecule has 21 heavy (non-hydrogen) atoms. The van der Waals surface area contributed by atoms with E-state index in [0.717, 1.165) is 15.2 Å². The number of hydrogen-bond acceptors (Lipinski definition) is 5. The third kappa shape index (κ3) is 3.00. The SMILES string of the molecule is COc1ccc(C(=O)NCc2nc3ccccc3s2)cn1. The largest absolute Gasteiger partial charge is 0.481 e. The molecule has 0 radical (unpaired) electrons. The Balaban J connectivity index is 1.67. The highest BCUT2D eigenvalue weighted by molar-refractivity contribution is 7.18. The van der Waals surface area contributed by atoms with E-state index in [2.05, 4.69) is 15.3 Å². The molecule has 5 nitrogen and oxygen atoms in total. The topological polar surface area (TPSA) is 64.1 Å². The predicted octanol–water partition coefficient (Wildman–Crippen LogP) is 2.63. The minimum atomic E-state index is -0.176. The van der Waals surface area contributed by atoms with E-state index in [1.54, 1.807) is 23.5 Å². The van der Waals surface area contributed by atoms with Gasteiger partial charge in [0.15, 0.2) is 0 Å². The summed E-state index contributed by atoms with van der Waals surface area (Å²) >= 11 is 1.58. The van der Waals surface area contributed by atoms with Gasteiger partial charge in [-0.1, -0.05) is 12.1 Å². The number of carbonyl (C=O) groups excluding carboxylic acids is 1. The third-order valence-electron chi connectivity index (χ3n) is 2.95. The van der Waals surface area contributed by atoms with Gasteiger partial charge in [0.05, 0.1) is 29.4 Å². The molecule has 0 bridgehead atoms. The summed E-state index contributed by atoms with van der Waals surface area (Å²) in [6.45, 7) is 0.407. The molecule has 0 atom stereocenters. The van der Waals surface area contributed by atoms with Crippen molar-refractivity contribution in [2.24, 2.45) is 0 Å². The van der Waals surface area contributed by atoms with Crippen molar-refractivity contribution in [3.8, 4) is 5.88 Å². The van der Waals surface area contributed by atoms with E-state index in [9.17, 15) is 4.79 Å². The Bertz CT molecular complexity index is 735. The van der Waals surface area contributed by atoms with Crippen LogP contribution in [0.15, 0.2) is 42.6 Å². The van der Waals surface area contributed by atoms with E-state index in [4.69, 9.17) is 4.74 Å². The van der Waals surface area contributed by atoms with Gasteiger partial charge >= 0.3 is 0 Å². The molecule has 0 saturated carbocycles. The lowest BCUT2D eigenvalue weighted by Gasteiger charge is -2.03. The number of hydrogen-bond donors (Lipinski definition) is 1. The van der Waals surface area contributed by atoms with Crippen LogP contribution in [0.4, 0.5) is 0 Å². The average molecular weight is 299 g/mol. The van der Waals surface area contributed by atoms with Crippen LogP contribution >= 0.6 is 11.3 Å². The second kappa shape index (κ2) is 5.88. The number of amides is 1. The number of carbonyl (C=O) groups is 1. The number of nitrogens with one attached hydrogen (secondary N) is 1. The van der Waals surface area contributed by atoms with Crippen LogP contribution in [0.25, 0.3) is 10.2 Å². The number of ether oxygens (including phenoxy) is 1. The monoisotopic (exact) mass is 299 g/mol. The van der Waals surface area contributed by atoms with Crippen molar-refractivity contribution in [1.82, 2.24) is 15.3 Å². The second-order valence-corrected chi connectivity index (χ2v) is 5.46. The van der Waals surface area contributed by atoms with Crippen molar-refractivity contribution in [2.75, 3.05) is 7.11 Å². The van der Waals surface area contributed by atoms with Crippen LogP contribution in [0.5, 0.6) is 5.88 Å². The maximum Gasteiger partial charge on any atom is 0.253 e. The first kappa shape index (κ1) is 13.5. The first-order valence-corrected chi connectivity index (χ1v) is 7.20. The molecule has 0 fully saturated rings. The van der Waals surface area contributed by atoms with Crippen LogP contribution in [0.2, 0.25) is 0 Å². The van der Waals surface area contributed by atoms with Gasteiger partial charge in [-0.25, -0.2) is 9.97 Å². The molecule has 0 unspecified atom stereocenters. The second-order valence-electron chi connectivity index (χ2n) is 4.35. The highest BCUT2D eigenvalue weighted by Gasteiger charge is 2.08. The molecule has 1 aromatic carbocycles. The molecular formula is C15H13N3O2S. The quantitative estimate of drug-likeness (QED) is 0.804. The Morgan fingerprint density at radius 3 is 2.86 bits per heavy atom. The van der Waals surface area contributed by atoms with E-state index >= 15 is 0 Å². The minimum absolute atomic E-state index is 0.176. The fourth-order valence-corrected chi connectivity index (χ4v) is 2.80. The minimum Gasteiger partial charge on any atom is -0.481 e. The third-order valence-corrected chi connectivity index (χ3v) is 3.98. The van der Waals surface area contributed by atoms with Crippen LogP contribution in [0.3, 0.4) is 0 Å². The molecule has 6 heteroatoms. The average Bonchev–Trinajstić information content (AvgIpc) is 2.95. The lowest BCUT2D eigenvalue weighted by atomic mass is 10.2. The fourth-order valence-electron chi connectivity index (χ4n) is 1.89. The van der Waals surface area contributed by atoms with Crippen molar-refractivity contribution in [1.29, 1.82) is 0 Å². The molecule has 106 valence electrons. The molecule has 0 aliphatic carbocycles. The number of aromatic nitrogens is 2. The Morgan fingerprint density at radius 1 is 1.29 bits per heavy atom. The van der Waals surface area contributed by atoms with Gasteiger partial charge in [0.25, 0.3) is 5.91 Å². The highest BCUT2D eigenvalue weighted by Crippen LogP contribution is 2.21. The van der Waals surface area contributed by atoms with Crippen molar-refractivity contribution in [3.63, 3.8) is 0 Å². The molecule has 0 saturated heterocycles. The van der Waals surface area contributed by atoms with Crippen molar-refractivity contribution < 1.29 is 9.53 Å². The summed E-state index contributed by atoms with van der Waals surface area (Å²) in [5.74, 6) is 0.308. The summed E-state index contributed by atoms with van der Waals surface area (Å²) in [4.78, 5) is 20.5. The summed E-state index contributed by atoms with van der Waals surface area (Å²) in [6.07, 6.45) is 1.49. The van der Waals surface area contributed by atoms with E-state index < -0.39 is 0 Å². The normalized spacial score (nSPS) is 10.5. The van der Waals surface area contributed by atoms with Crippen LogP contribution < -0.4 is 10.1 Å². The summed E-state index contributed by atoms with van der Waals surface area (Å²) in [7, 11) is 1.54. The molecule has 0 spiro atoms. The Kier molecular flexibility index (Phi) is 3.79. The molecule has 3 aromatic rings. The zero-order chi connectivity index (χ0) is 14.7. The Morgan fingerprint density at radius 2 is 2.14 bits per heavy atom. The molecule has 0 aliphatic heterocycles. The fraction of sp³-hybridized carbons (Fsp3) is 0.133. The van der Waals surface area contributed by atoms with E-state index in [1.807, 2.05) is 24.3 Å². The van der Waals surface area contributed by atoms with E-state index in [0.29, 0.717) is 18.0 Å². The lowest BCUT2D eigenvalue weighted by Crippen LogP contribution is -2.22. The molecular weight excluding hydrogens is 286 g/mol. The van der Waals surface area contributed by atoms with Gasteiger partial charge < -0.3 is 10.1 Å². The number of nitrogens with zero attached hydrogens (tertiary/aromatic N) is 2. The van der Waals surface area contributed by atoms with Crippen molar-refractivity contribution in [3.05, 3.63) is 53.2 Å². The highest BCUT2D eigenvalue weighted by atomic mass is 32.1. The number of fused-ring (bicyclic) bond motifs is 1. The van der Waals surface area contributed by atoms with Crippen LogP contribution in [-0.4, -0.2) is 23.0 Å². The Hall–Kier alpha value is -2.47. The maximum absolute atomic E-state index is 12.0. The lowest BCUT2D eigenvalue weighted by molar-refractivity contribution is 0.0950. The van der Waals surface area contributed by atoms with Gasteiger partial charge in [0.1, 0.15) is 5.01 Å². The van der Waals surface area contributed by atoms with Crippen LogP contribution in [0, 0.1) is 0 Å². The number of thiazole rings is 1. The number of rotatable bonds is 4. The Labute approximate surface area is 125 Å². The summed E-state index contributed by atoms with van der Waals surface area (Å²) in [6, 6.07) is 11.3. The molecule has 2 heterocycles. The van der Waals surface area contributed by atoms with Crippen molar-refractivity contribution in [2.45, 2.75) is 6.54 Å². The van der Waals surface area contributed by atoms with Gasteiger partial charge in [-0.2, -0.15) is 0 Å². The first-order valence-electron chi connectivity index (χ1n) is 6.39. The number of para-hydroxylation sites is 1. The molecule has 3 rings (SSSR count). The van der Waals surface area contributed by atoms with Gasteiger partial charge in [-0.15, -0.1) is 11.3 Å². The van der Waals surface area contributed by atoms with Crippen LogP contribution in [0.1, 0.15) is 15.4 Å². The first-order chi connectivity index (χ1) is 10.3. The van der Waals surface area contributed by atoms with E-state index in [-0.39, 0.29) is 5.91 Å². The van der Waals surface area contributed by atoms with Gasteiger partial charge in [-0.05, 0) is 18.2 Å². The smallest absolute Gasteiger partial charge is 0.253 e. The zero-order valence-corrected chi connectivity index (χ0v) is 12.2. The van der Waals surface area contributed by atoms with Gasteiger partial charge in [0.2, 0.25) is 5.88 Å². The summed E-state index contributed by atoms with van der Waals surface area (Å²) in [5.41, 5.74) is 1.45. The standard InChI is InChI=1S/C15H13N3O2S/c1-20-13-7-6-10(8-16-13)15(19)17-9-14-18-11-4-2-3-5-12(11)21-14/h2-8H,9H2,1H3,(H,17,19). The predicted molar refractivity (Wildman–Crippen MR) is 81.6 cm³/mol. The zero-order valence-electron chi connectivity index (χ0n) is 11.4. The molecule has 2 aromatic heterocycles. The summed E-state index contributed by atoms with van der Waals surface area (Å²) in [5, 5.41) is 3.72. The number of pyridine rings is 1. The maximum atomic E-state index is 12.0. The molecule has 1 N–H and O–H groups in total. The van der Waals surface area contributed by atoms with E-state index in [1.165, 1.54) is 13.3 Å².